The third kappa shape index (κ3) is 7.56. The summed E-state index contributed by atoms with van der Waals surface area (Å²) in [5.41, 5.74) is 0. The third-order valence-electron chi connectivity index (χ3n) is 5.05. The van der Waals surface area contributed by atoms with Gasteiger partial charge in [-0.2, -0.15) is 0 Å². The second kappa shape index (κ2) is 11.5. The zero-order valence-electron chi connectivity index (χ0n) is 14.8. The lowest BCUT2D eigenvalue weighted by atomic mass is 9.93. The number of hydrogen-bond acceptors (Lipinski definition) is 3. The van der Waals surface area contributed by atoms with Crippen LogP contribution in [0.4, 0.5) is 0 Å². The Hall–Kier alpha value is -0.0800. The molecule has 0 atom stereocenters. The first-order valence-corrected chi connectivity index (χ1v) is 9.12. The number of aliphatic imine (C=N–C) groups is 1. The Morgan fingerprint density at radius 2 is 1.78 bits per heavy atom. The van der Waals surface area contributed by atoms with Gasteiger partial charge in [-0.1, -0.05) is 12.8 Å². The number of nitrogens with one attached hydrogen (secondary N) is 2. The zero-order chi connectivity index (χ0) is 15.8. The molecule has 0 aromatic heterocycles. The highest BCUT2D eigenvalue weighted by Gasteiger charge is 2.20. The minimum atomic E-state index is -0.0994. The normalized spacial score (nSPS) is 26.2. The number of aliphatic hydroxyl groups excluding tert-OH is 1. The molecule has 0 spiro atoms. The fraction of sp³-hybridized carbons (Fsp3) is 0.941. The van der Waals surface area contributed by atoms with Crippen LogP contribution in [0, 0.1) is 0 Å². The van der Waals surface area contributed by atoms with Crippen molar-refractivity contribution >= 4 is 29.9 Å². The number of nitrogens with zero attached hydrogens (tertiary/aromatic N) is 2. The molecule has 0 radical (unpaired) electrons. The molecule has 3 N–H and O–H groups in total. The average Bonchev–Trinajstić information content (AvgIpc) is 3.04. The van der Waals surface area contributed by atoms with E-state index >= 15 is 0 Å². The maximum absolute atomic E-state index is 9.59. The third-order valence-corrected chi connectivity index (χ3v) is 5.05. The number of likely N-dealkylation sites (N-methyl/N-ethyl adjacent to an activating group) is 1. The van der Waals surface area contributed by atoms with Crippen molar-refractivity contribution in [1.29, 1.82) is 0 Å². The van der Waals surface area contributed by atoms with Crippen LogP contribution in [0.5, 0.6) is 0 Å². The van der Waals surface area contributed by atoms with E-state index in [1.165, 1.54) is 25.7 Å². The number of aliphatic hydroxyl groups is 1. The Morgan fingerprint density at radius 3 is 2.39 bits per heavy atom. The molecule has 2 rings (SSSR count). The van der Waals surface area contributed by atoms with Crippen LogP contribution in [-0.2, 0) is 0 Å². The van der Waals surface area contributed by atoms with Crippen molar-refractivity contribution in [2.45, 2.75) is 76.5 Å². The fourth-order valence-electron chi connectivity index (χ4n) is 3.58. The van der Waals surface area contributed by atoms with E-state index < -0.39 is 0 Å². The molecule has 0 saturated heterocycles. The summed E-state index contributed by atoms with van der Waals surface area (Å²) < 4.78 is 0. The Balaban J connectivity index is 0.00000264. The molecule has 0 aromatic carbocycles. The first-order valence-electron chi connectivity index (χ1n) is 9.12. The molecule has 0 aromatic rings. The predicted octanol–water partition coefficient (Wildman–Crippen LogP) is 2.34. The first kappa shape index (κ1) is 21.0. The average molecular weight is 438 g/mol. The van der Waals surface area contributed by atoms with Gasteiger partial charge in [0.15, 0.2) is 5.96 Å². The van der Waals surface area contributed by atoms with Crippen LogP contribution in [-0.4, -0.2) is 60.8 Å². The van der Waals surface area contributed by atoms with Gasteiger partial charge in [0.1, 0.15) is 0 Å². The monoisotopic (exact) mass is 438 g/mol. The number of rotatable bonds is 6. The van der Waals surface area contributed by atoms with Crippen LogP contribution in [0.3, 0.4) is 0 Å². The predicted molar refractivity (Wildman–Crippen MR) is 108 cm³/mol. The van der Waals surface area contributed by atoms with Crippen LogP contribution in [0.1, 0.15) is 58.3 Å². The van der Waals surface area contributed by atoms with Gasteiger partial charge in [0.25, 0.3) is 0 Å². The van der Waals surface area contributed by atoms with Crippen LogP contribution in [0.2, 0.25) is 0 Å². The highest BCUT2D eigenvalue weighted by atomic mass is 127. The second-order valence-corrected chi connectivity index (χ2v) is 6.83. The van der Waals surface area contributed by atoms with Crippen LogP contribution < -0.4 is 10.6 Å². The first-order chi connectivity index (χ1) is 10.7. The van der Waals surface area contributed by atoms with Crippen molar-refractivity contribution in [1.82, 2.24) is 15.5 Å². The quantitative estimate of drug-likeness (QED) is 0.339. The van der Waals surface area contributed by atoms with E-state index in [9.17, 15) is 5.11 Å². The van der Waals surface area contributed by atoms with Gasteiger partial charge in [-0.15, -0.1) is 24.0 Å². The molecule has 2 fully saturated rings. The highest BCUT2D eigenvalue weighted by molar-refractivity contribution is 14.0. The summed E-state index contributed by atoms with van der Waals surface area (Å²) in [7, 11) is 2.23. The molecule has 0 aliphatic heterocycles. The van der Waals surface area contributed by atoms with E-state index in [1.54, 1.807) is 0 Å². The minimum absolute atomic E-state index is 0. The molecule has 2 saturated carbocycles. The molecular formula is C17H35IN4O. The second-order valence-electron chi connectivity index (χ2n) is 6.83. The lowest BCUT2D eigenvalue weighted by Gasteiger charge is -2.28. The smallest absolute Gasteiger partial charge is 0.191 e. The van der Waals surface area contributed by atoms with Gasteiger partial charge in [-0.05, 0) is 52.5 Å². The maximum atomic E-state index is 9.59. The molecule has 5 nitrogen and oxygen atoms in total. The summed E-state index contributed by atoms with van der Waals surface area (Å²) >= 11 is 0. The SMILES string of the molecule is CCNC(=NCCN(C)C1CCCC1)NC1CCC(O)CC1.I. The van der Waals surface area contributed by atoms with Crippen molar-refractivity contribution in [3.05, 3.63) is 0 Å². The van der Waals surface area contributed by atoms with Gasteiger partial charge in [0, 0.05) is 25.2 Å². The van der Waals surface area contributed by atoms with Crippen molar-refractivity contribution in [3.63, 3.8) is 0 Å². The van der Waals surface area contributed by atoms with Gasteiger partial charge in [-0.3, -0.25) is 4.99 Å². The molecule has 2 aliphatic rings. The van der Waals surface area contributed by atoms with Crippen molar-refractivity contribution in [2.75, 3.05) is 26.7 Å². The fourth-order valence-corrected chi connectivity index (χ4v) is 3.58. The summed E-state index contributed by atoms with van der Waals surface area (Å²) in [6.07, 6.45) is 9.25. The minimum Gasteiger partial charge on any atom is -0.393 e. The van der Waals surface area contributed by atoms with E-state index in [0.29, 0.717) is 6.04 Å². The maximum Gasteiger partial charge on any atom is 0.191 e. The molecule has 0 amide bonds. The number of halogens is 1. The molecule has 2 aliphatic carbocycles. The molecule has 0 unspecified atom stereocenters. The summed E-state index contributed by atoms with van der Waals surface area (Å²) in [4.78, 5) is 7.20. The molecule has 136 valence electrons. The van der Waals surface area contributed by atoms with E-state index in [0.717, 1.165) is 57.3 Å². The van der Waals surface area contributed by atoms with Gasteiger partial charge in [0.2, 0.25) is 0 Å². The van der Waals surface area contributed by atoms with Gasteiger partial charge in [-0.25, -0.2) is 0 Å². The molecular weight excluding hydrogens is 403 g/mol. The lowest BCUT2D eigenvalue weighted by Crippen LogP contribution is -2.45. The lowest BCUT2D eigenvalue weighted by molar-refractivity contribution is 0.120. The Morgan fingerprint density at radius 1 is 1.13 bits per heavy atom. The standard InChI is InChI=1S/C17H34N4O.HI/c1-3-18-17(20-14-8-10-16(22)11-9-14)19-12-13-21(2)15-6-4-5-7-15;/h14-16,22H,3-13H2,1-2H3,(H2,18,19,20);1H. The Labute approximate surface area is 158 Å². The van der Waals surface area contributed by atoms with Crippen LogP contribution in [0.15, 0.2) is 4.99 Å². The van der Waals surface area contributed by atoms with Crippen molar-refractivity contribution in [3.8, 4) is 0 Å². The van der Waals surface area contributed by atoms with Gasteiger partial charge in [0.05, 0.1) is 12.6 Å². The molecule has 0 heterocycles. The Bertz CT molecular complexity index is 339. The summed E-state index contributed by atoms with van der Waals surface area (Å²) in [5, 5.41) is 16.5. The number of hydrogen-bond donors (Lipinski definition) is 3. The van der Waals surface area contributed by atoms with Crippen LogP contribution >= 0.6 is 24.0 Å². The van der Waals surface area contributed by atoms with Crippen molar-refractivity contribution < 1.29 is 5.11 Å². The number of guanidine groups is 1. The molecule has 23 heavy (non-hydrogen) atoms. The largest absolute Gasteiger partial charge is 0.393 e. The van der Waals surface area contributed by atoms with E-state index in [1.807, 2.05) is 0 Å². The summed E-state index contributed by atoms with van der Waals surface area (Å²) in [5.74, 6) is 0.934. The van der Waals surface area contributed by atoms with Crippen molar-refractivity contribution in [2.24, 2.45) is 4.99 Å². The summed E-state index contributed by atoms with van der Waals surface area (Å²) in [6, 6.07) is 1.22. The topological polar surface area (TPSA) is 59.9 Å². The highest BCUT2D eigenvalue weighted by Crippen LogP contribution is 2.22. The van der Waals surface area contributed by atoms with Gasteiger partial charge < -0.3 is 20.6 Å². The zero-order valence-corrected chi connectivity index (χ0v) is 17.1. The van der Waals surface area contributed by atoms with E-state index in [4.69, 9.17) is 4.99 Å². The van der Waals surface area contributed by atoms with E-state index in [-0.39, 0.29) is 30.1 Å². The van der Waals surface area contributed by atoms with Crippen LogP contribution in [0.25, 0.3) is 0 Å². The summed E-state index contributed by atoms with van der Waals surface area (Å²) in [6.45, 7) is 4.87. The molecule has 0 bridgehead atoms. The van der Waals surface area contributed by atoms with E-state index in [2.05, 4.69) is 29.5 Å². The van der Waals surface area contributed by atoms with Gasteiger partial charge >= 0.3 is 0 Å². The molecule has 6 heteroatoms. The Kier molecular flexibility index (Phi) is 10.5.